The van der Waals surface area contributed by atoms with Gasteiger partial charge in [0.25, 0.3) is 11.6 Å². The number of halogens is 1. The third-order valence-corrected chi connectivity index (χ3v) is 4.46. The third-order valence-electron chi connectivity index (χ3n) is 4.46. The van der Waals surface area contributed by atoms with Crippen molar-refractivity contribution >= 4 is 29.4 Å². The maximum Gasteiger partial charge on any atom is 0.257 e. The number of hydrogen-bond acceptors (Lipinski definition) is 5. The first-order valence-corrected chi connectivity index (χ1v) is 7.85. The van der Waals surface area contributed by atoms with E-state index in [1.807, 2.05) is 24.9 Å². The number of carbonyl (C=O) groups is 1. The first-order chi connectivity index (χ1) is 10.7. The van der Waals surface area contributed by atoms with Crippen molar-refractivity contribution in [1.82, 2.24) is 20.4 Å². The van der Waals surface area contributed by atoms with Gasteiger partial charge < -0.3 is 14.7 Å². The second-order valence-corrected chi connectivity index (χ2v) is 5.97. The van der Waals surface area contributed by atoms with Crippen LogP contribution in [0.1, 0.15) is 35.3 Å². The van der Waals surface area contributed by atoms with Crippen LogP contribution >= 0.6 is 12.4 Å². The second-order valence-electron chi connectivity index (χ2n) is 5.97. The molecule has 126 valence electrons. The summed E-state index contributed by atoms with van der Waals surface area (Å²) in [6.45, 7) is 4.56. The van der Waals surface area contributed by atoms with Gasteiger partial charge in [0.2, 0.25) is 0 Å². The van der Waals surface area contributed by atoms with Crippen molar-refractivity contribution < 1.29 is 9.32 Å². The Morgan fingerprint density at radius 2 is 2.17 bits per heavy atom. The zero-order valence-corrected chi connectivity index (χ0v) is 14.4. The Labute approximate surface area is 142 Å². The largest absolute Gasteiger partial charge is 0.339 e. The van der Waals surface area contributed by atoms with E-state index in [2.05, 4.69) is 15.5 Å². The summed E-state index contributed by atoms with van der Waals surface area (Å²) in [5.74, 6) is 0.777. The molecule has 0 atom stereocenters. The summed E-state index contributed by atoms with van der Waals surface area (Å²) in [4.78, 5) is 18.7. The topological polar surface area (TPSA) is 71.3 Å². The molecular weight excluding hydrogens is 316 g/mol. The number of piperidine rings is 1. The highest BCUT2D eigenvalue weighted by molar-refractivity contribution is 5.97. The summed E-state index contributed by atoms with van der Waals surface area (Å²) >= 11 is 0. The summed E-state index contributed by atoms with van der Waals surface area (Å²) in [6, 6.07) is 1.84. The highest BCUT2D eigenvalue weighted by Gasteiger charge is 2.24. The van der Waals surface area contributed by atoms with Gasteiger partial charge in [-0.2, -0.15) is 0 Å². The molecule has 0 spiro atoms. The lowest BCUT2D eigenvalue weighted by molar-refractivity contribution is 0.0687. The quantitative estimate of drug-likeness (QED) is 0.927. The Morgan fingerprint density at radius 3 is 2.87 bits per heavy atom. The molecule has 23 heavy (non-hydrogen) atoms. The molecule has 1 saturated heterocycles. The number of aromatic nitrogens is 2. The molecule has 3 rings (SSSR count). The Kier molecular flexibility index (Phi) is 5.96. The van der Waals surface area contributed by atoms with Gasteiger partial charge in [0, 0.05) is 19.3 Å². The van der Waals surface area contributed by atoms with Crippen LogP contribution in [0.3, 0.4) is 0 Å². The molecule has 0 saturated carbocycles. The standard InChI is InChI=1S/C16H22N4O2.ClH/c1-11-14-9-13(10-18-15(14)22-19-11)16(21)20-7-4-12(5-8-20)3-6-17-2;/h9-10,12,17H,3-8H2,1-2H3;1H. The molecular formula is C16H23ClN4O2. The fourth-order valence-electron chi connectivity index (χ4n) is 3.02. The molecule has 2 aromatic heterocycles. The number of pyridine rings is 1. The summed E-state index contributed by atoms with van der Waals surface area (Å²) in [6.07, 6.45) is 4.93. The first kappa shape index (κ1) is 17.7. The van der Waals surface area contributed by atoms with Gasteiger partial charge in [0.15, 0.2) is 0 Å². The van der Waals surface area contributed by atoms with E-state index >= 15 is 0 Å². The van der Waals surface area contributed by atoms with Crippen LogP contribution in [0.2, 0.25) is 0 Å². The lowest BCUT2D eigenvalue weighted by Gasteiger charge is -2.32. The van der Waals surface area contributed by atoms with Gasteiger partial charge >= 0.3 is 0 Å². The SMILES string of the molecule is CNCCC1CCN(C(=O)c2cnc3onc(C)c3c2)CC1.Cl. The fourth-order valence-corrected chi connectivity index (χ4v) is 3.02. The molecule has 2 aromatic rings. The second kappa shape index (κ2) is 7.75. The van der Waals surface area contributed by atoms with Crippen LogP contribution in [-0.4, -0.2) is 47.6 Å². The Hall–Kier alpha value is -1.66. The monoisotopic (exact) mass is 338 g/mol. The van der Waals surface area contributed by atoms with Crippen molar-refractivity contribution in [3.63, 3.8) is 0 Å². The molecule has 7 heteroatoms. The van der Waals surface area contributed by atoms with Crippen LogP contribution in [0.5, 0.6) is 0 Å². The third kappa shape index (κ3) is 3.82. The number of hydrogen-bond donors (Lipinski definition) is 1. The molecule has 0 radical (unpaired) electrons. The molecule has 0 aliphatic carbocycles. The lowest BCUT2D eigenvalue weighted by atomic mass is 9.93. The first-order valence-electron chi connectivity index (χ1n) is 7.85. The maximum absolute atomic E-state index is 12.6. The highest BCUT2D eigenvalue weighted by Crippen LogP contribution is 2.23. The predicted octanol–water partition coefficient (Wildman–Crippen LogP) is 2.41. The average Bonchev–Trinajstić information content (AvgIpc) is 2.93. The lowest BCUT2D eigenvalue weighted by Crippen LogP contribution is -2.39. The Morgan fingerprint density at radius 1 is 1.43 bits per heavy atom. The van der Waals surface area contributed by atoms with Crippen molar-refractivity contribution in [1.29, 1.82) is 0 Å². The summed E-state index contributed by atoms with van der Waals surface area (Å²) in [7, 11) is 1.98. The van der Waals surface area contributed by atoms with Crippen LogP contribution in [0, 0.1) is 12.8 Å². The predicted molar refractivity (Wildman–Crippen MR) is 91.0 cm³/mol. The van der Waals surface area contributed by atoms with E-state index in [0.29, 0.717) is 11.3 Å². The van der Waals surface area contributed by atoms with Crippen molar-refractivity contribution in [2.24, 2.45) is 5.92 Å². The van der Waals surface area contributed by atoms with Crippen LogP contribution in [0.4, 0.5) is 0 Å². The maximum atomic E-state index is 12.6. The van der Waals surface area contributed by atoms with E-state index in [4.69, 9.17) is 4.52 Å². The molecule has 0 unspecified atom stereocenters. The van der Waals surface area contributed by atoms with E-state index in [9.17, 15) is 4.79 Å². The van der Waals surface area contributed by atoms with Gasteiger partial charge in [0.05, 0.1) is 16.6 Å². The van der Waals surface area contributed by atoms with Gasteiger partial charge in [-0.25, -0.2) is 4.98 Å². The minimum atomic E-state index is 0. The van der Waals surface area contributed by atoms with Gasteiger partial charge in [0.1, 0.15) is 0 Å². The minimum Gasteiger partial charge on any atom is -0.339 e. The zero-order chi connectivity index (χ0) is 15.5. The van der Waals surface area contributed by atoms with E-state index in [1.165, 1.54) is 6.42 Å². The molecule has 1 N–H and O–H groups in total. The molecule has 1 fully saturated rings. The molecule has 3 heterocycles. The zero-order valence-electron chi connectivity index (χ0n) is 13.5. The van der Waals surface area contributed by atoms with Crippen molar-refractivity contribution in [3.05, 3.63) is 23.5 Å². The summed E-state index contributed by atoms with van der Waals surface area (Å²) in [5.41, 5.74) is 1.87. The number of fused-ring (bicyclic) bond motifs is 1. The van der Waals surface area contributed by atoms with Gasteiger partial charge in [-0.1, -0.05) is 5.16 Å². The normalized spacial score (nSPS) is 15.7. The number of rotatable bonds is 4. The minimum absolute atomic E-state index is 0. The number of carbonyl (C=O) groups excluding carboxylic acids is 1. The molecule has 0 aromatic carbocycles. The number of nitrogens with zero attached hydrogens (tertiary/aromatic N) is 3. The fraction of sp³-hybridized carbons (Fsp3) is 0.562. The van der Waals surface area contributed by atoms with Crippen molar-refractivity contribution in [3.8, 4) is 0 Å². The Bertz CT molecular complexity index is 665. The van der Waals surface area contributed by atoms with Gasteiger partial charge in [-0.3, -0.25) is 4.79 Å². The summed E-state index contributed by atoms with van der Waals surface area (Å²) < 4.78 is 5.09. The van der Waals surface area contributed by atoms with Crippen LogP contribution in [-0.2, 0) is 0 Å². The van der Waals surface area contributed by atoms with E-state index in [0.717, 1.165) is 49.5 Å². The van der Waals surface area contributed by atoms with E-state index in [1.54, 1.807) is 6.20 Å². The Balaban J connectivity index is 0.00000192. The van der Waals surface area contributed by atoms with Gasteiger partial charge in [-0.15, -0.1) is 12.4 Å². The summed E-state index contributed by atoms with van der Waals surface area (Å²) in [5, 5.41) is 7.88. The van der Waals surface area contributed by atoms with Crippen molar-refractivity contribution in [2.45, 2.75) is 26.2 Å². The number of aryl methyl sites for hydroxylation is 1. The highest BCUT2D eigenvalue weighted by atomic mass is 35.5. The molecule has 0 bridgehead atoms. The van der Waals surface area contributed by atoms with Crippen LogP contribution in [0.25, 0.3) is 11.1 Å². The molecule has 1 aliphatic rings. The van der Waals surface area contributed by atoms with Crippen LogP contribution in [0.15, 0.2) is 16.8 Å². The van der Waals surface area contributed by atoms with Crippen LogP contribution < -0.4 is 5.32 Å². The molecule has 1 amide bonds. The molecule has 1 aliphatic heterocycles. The average molecular weight is 339 g/mol. The smallest absolute Gasteiger partial charge is 0.257 e. The van der Waals surface area contributed by atoms with E-state index in [-0.39, 0.29) is 18.3 Å². The van der Waals surface area contributed by atoms with Crippen molar-refractivity contribution in [2.75, 3.05) is 26.7 Å². The molecule has 6 nitrogen and oxygen atoms in total. The van der Waals surface area contributed by atoms with Gasteiger partial charge in [-0.05, 0) is 51.8 Å². The number of likely N-dealkylation sites (tertiary alicyclic amines) is 1. The number of amides is 1. The number of nitrogens with one attached hydrogen (secondary N) is 1. The van der Waals surface area contributed by atoms with E-state index < -0.39 is 0 Å².